The summed E-state index contributed by atoms with van der Waals surface area (Å²) in [5.41, 5.74) is 2.98. The van der Waals surface area contributed by atoms with Crippen LogP contribution in [0.25, 0.3) is 0 Å². The van der Waals surface area contributed by atoms with E-state index in [0.717, 1.165) is 42.9 Å². The van der Waals surface area contributed by atoms with Crippen LogP contribution in [0.5, 0.6) is 5.75 Å². The van der Waals surface area contributed by atoms with Gasteiger partial charge in [-0.2, -0.15) is 0 Å². The number of carbonyl (C=O) groups is 2. The summed E-state index contributed by atoms with van der Waals surface area (Å²) in [6, 6.07) is 7.94. The van der Waals surface area contributed by atoms with Gasteiger partial charge in [0.25, 0.3) is 5.91 Å². The molecule has 3 aliphatic heterocycles. The van der Waals surface area contributed by atoms with Crippen LogP contribution in [-0.2, 0) is 10.2 Å². The van der Waals surface area contributed by atoms with Gasteiger partial charge in [0.05, 0.1) is 17.5 Å². The third-order valence-electron chi connectivity index (χ3n) is 6.72. The van der Waals surface area contributed by atoms with Gasteiger partial charge >= 0.3 is 0 Å². The van der Waals surface area contributed by atoms with Crippen molar-refractivity contribution in [2.45, 2.75) is 38.5 Å². The van der Waals surface area contributed by atoms with Gasteiger partial charge in [-0.15, -0.1) is 0 Å². The van der Waals surface area contributed by atoms with Crippen molar-refractivity contribution in [3.05, 3.63) is 41.6 Å². The molecule has 7 heteroatoms. The van der Waals surface area contributed by atoms with Crippen molar-refractivity contribution >= 4 is 29.0 Å². The molecule has 0 radical (unpaired) electrons. The molecular formula is C24H28N4O3. The Labute approximate surface area is 182 Å². The van der Waals surface area contributed by atoms with Crippen LogP contribution in [0.4, 0.5) is 17.2 Å². The number of likely N-dealkylation sites (N-methyl/N-ethyl adjacent to an activating group) is 1. The average molecular weight is 421 g/mol. The number of piperidine rings is 1. The highest BCUT2D eigenvalue weighted by atomic mass is 16.5. The summed E-state index contributed by atoms with van der Waals surface area (Å²) in [4.78, 5) is 35.9. The Hall–Kier alpha value is -3.09. The van der Waals surface area contributed by atoms with Crippen LogP contribution >= 0.6 is 0 Å². The highest BCUT2D eigenvalue weighted by Crippen LogP contribution is 2.44. The highest BCUT2D eigenvalue weighted by molar-refractivity contribution is 6.07. The van der Waals surface area contributed by atoms with E-state index in [0.29, 0.717) is 30.3 Å². The van der Waals surface area contributed by atoms with Crippen LogP contribution < -0.4 is 14.5 Å². The number of pyridine rings is 1. The Balaban J connectivity index is 1.46. The molecule has 0 N–H and O–H groups in total. The first-order valence-electron chi connectivity index (χ1n) is 11.0. The zero-order chi connectivity index (χ0) is 21.8. The summed E-state index contributed by atoms with van der Waals surface area (Å²) in [5.74, 6) is 1.45. The summed E-state index contributed by atoms with van der Waals surface area (Å²) >= 11 is 0. The molecule has 0 unspecified atom stereocenters. The quantitative estimate of drug-likeness (QED) is 0.744. The van der Waals surface area contributed by atoms with Crippen LogP contribution in [0.15, 0.2) is 30.5 Å². The Kier molecular flexibility index (Phi) is 4.64. The minimum absolute atomic E-state index is 0.0237. The van der Waals surface area contributed by atoms with Gasteiger partial charge in [-0.3, -0.25) is 9.59 Å². The molecule has 4 heterocycles. The third-order valence-corrected chi connectivity index (χ3v) is 6.72. The number of nitrogens with zero attached hydrogens (tertiary/aromatic N) is 4. The molecule has 1 saturated heterocycles. The number of likely N-dealkylation sites (tertiary alicyclic amines) is 1. The molecule has 2 amide bonds. The predicted molar refractivity (Wildman–Crippen MR) is 119 cm³/mol. The predicted octanol–water partition coefficient (Wildman–Crippen LogP) is 3.49. The fourth-order valence-corrected chi connectivity index (χ4v) is 4.88. The van der Waals surface area contributed by atoms with Crippen LogP contribution in [0.3, 0.4) is 0 Å². The van der Waals surface area contributed by atoms with E-state index in [9.17, 15) is 9.59 Å². The molecule has 3 aliphatic rings. The molecule has 1 fully saturated rings. The van der Waals surface area contributed by atoms with E-state index >= 15 is 0 Å². The standard InChI is InChI=1S/C24H28N4O3/c1-24(2)18-8-7-17(14-19(18)26(3)23(24)30)28-11-12-31-20-13-16(15-25-21(20)28)22(29)27-9-5-4-6-10-27/h7-8,13-15H,4-6,9-12H2,1-3H3. The number of ether oxygens (including phenoxy) is 1. The number of aromatic nitrogens is 1. The number of amides is 2. The third kappa shape index (κ3) is 3.14. The average Bonchev–Trinajstić information content (AvgIpc) is 2.98. The molecule has 162 valence electrons. The second-order valence-electron chi connectivity index (χ2n) is 9.09. The molecule has 7 nitrogen and oxygen atoms in total. The zero-order valence-corrected chi connectivity index (χ0v) is 18.4. The molecule has 0 spiro atoms. The lowest BCUT2D eigenvalue weighted by atomic mass is 9.86. The molecule has 1 aromatic carbocycles. The van der Waals surface area contributed by atoms with Gasteiger partial charge < -0.3 is 19.4 Å². The lowest BCUT2D eigenvalue weighted by Gasteiger charge is -2.31. The maximum absolute atomic E-state index is 12.9. The minimum atomic E-state index is -0.520. The van der Waals surface area contributed by atoms with Gasteiger partial charge in [-0.1, -0.05) is 6.07 Å². The van der Waals surface area contributed by atoms with E-state index in [1.807, 2.05) is 50.1 Å². The number of hydrogen-bond donors (Lipinski definition) is 0. The minimum Gasteiger partial charge on any atom is -0.488 e. The summed E-state index contributed by atoms with van der Waals surface area (Å²) in [6.45, 7) is 6.70. The molecule has 31 heavy (non-hydrogen) atoms. The largest absolute Gasteiger partial charge is 0.488 e. The Morgan fingerprint density at radius 3 is 2.65 bits per heavy atom. The summed E-state index contributed by atoms with van der Waals surface area (Å²) in [5, 5.41) is 0. The lowest BCUT2D eigenvalue weighted by Crippen LogP contribution is -2.36. The van der Waals surface area contributed by atoms with Gasteiger partial charge in [0.1, 0.15) is 6.61 Å². The first-order valence-corrected chi connectivity index (χ1v) is 11.0. The maximum Gasteiger partial charge on any atom is 0.255 e. The number of fused-ring (bicyclic) bond motifs is 2. The second kappa shape index (κ2) is 7.25. The van der Waals surface area contributed by atoms with Gasteiger partial charge in [0, 0.05) is 37.7 Å². The van der Waals surface area contributed by atoms with Crippen molar-refractivity contribution in [2.24, 2.45) is 0 Å². The maximum atomic E-state index is 12.9. The van der Waals surface area contributed by atoms with E-state index in [1.165, 1.54) is 6.42 Å². The van der Waals surface area contributed by atoms with Gasteiger partial charge in [0.15, 0.2) is 11.6 Å². The summed E-state index contributed by atoms with van der Waals surface area (Å²) in [7, 11) is 1.82. The van der Waals surface area contributed by atoms with E-state index < -0.39 is 5.41 Å². The Morgan fingerprint density at radius 2 is 1.87 bits per heavy atom. The number of hydrogen-bond acceptors (Lipinski definition) is 5. The smallest absolute Gasteiger partial charge is 0.255 e. The van der Waals surface area contributed by atoms with Crippen LogP contribution in [0.2, 0.25) is 0 Å². The molecule has 0 saturated carbocycles. The van der Waals surface area contributed by atoms with Crippen molar-refractivity contribution in [3.8, 4) is 5.75 Å². The fraction of sp³-hybridized carbons (Fsp3) is 0.458. The Bertz CT molecular complexity index is 1060. The number of anilines is 3. The first kappa shape index (κ1) is 19.8. The normalized spacial score (nSPS) is 19.7. The Morgan fingerprint density at radius 1 is 1.10 bits per heavy atom. The lowest BCUT2D eigenvalue weighted by molar-refractivity contribution is -0.121. The molecule has 0 bridgehead atoms. The van der Waals surface area contributed by atoms with Crippen molar-refractivity contribution < 1.29 is 14.3 Å². The van der Waals surface area contributed by atoms with Crippen LogP contribution in [0, 0.1) is 0 Å². The monoisotopic (exact) mass is 420 g/mol. The SMILES string of the molecule is CN1C(=O)C(C)(C)c2ccc(N3CCOc4cc(C(=O)N5CCCCC5)cnc43)cc21. The van der Waals surface area contributed by atoms with Gasteiger partial charge in [-0.05, 0) is 56.9 Å². The van der Waals surface area contributed by atoms with Gasteiger partial charge in [-0.25, -0.2) is 4.98 Å². The summed E-state index contributed by atoms with van der Waals surface area (Å²) < 4.78 is 5.88. The van der Waals surface area contributed by atoms with Crippen molar-refractivity contribution in [1.82, 2.24) is 9.88 Å². The van der Waals surface area contributed by atoms with Gasteiger partial charge in [0.2, 0.25) is 5.91 Å². The fourth-order valence-electron chi connectivity index (χ4n) is 4.88. The highest BCUT2D eigenvalue weighted by Gasteiger charge is 2.42. The molecular weight excluding hydrogens is 392 g/mol. The van der Waals surface area contributed by atoms with Crippen molar-refractivity contribution in [2.75, 3.05) is 43.1 Å². The topological polar surface area (TPSA) is 66.0 Å². The number of carbonyl (C=O) groups excluding carboxylic acids is 2. The summed E-state index contributed by atoms with van der Waals surface area (Å²) in [6.07, 6.45) is 4.95. The number of benzene rings is 1. The van der Waals surface area contributed by atoms with E-state index in [1.54, 1.807) is 11.1 Å². The zero-order valence-electron chi connectivity index (χ0n) is 18.4. The van der Waals surface area contributed by atoms with Crippen LogP contribution in [0.1, 0.15) is 49.0 Å². The molecule has 5 rings (SSSR count). The van der Waals surface area contributed by atoms with E-state index in [2.05, 4.69) is 9.88 Å². The van der Waals surface area contributed by atoms with Crippen LogP contribution in [-0.4, -0.2) is 55.0 Å². The molecule has 0 aliphatic carbocycles. The van der Waals surface area contributed by atoms with Crippen molar-refractivity contribution in [1.29, 1.82) is 0 Å². The molecule has 0 atom stereocenters. The second-order valence-corrected chi connectivity index (χ2v) is 9.09. The van der Waals surface area contributed by atoms with E-state index in [-0.39, 0.29) is 11.8 Å². The first-order chi connectivity index (χ1) is 14.9. The molecule has 1 aromatic heterocycles. The number of rotatable bonds is 2. The van der Waals surface area contributed by atoms with Crippen molar-refractivity contribution in [3.63, 3.8) is 0 Å². The van der Waals surface area contributed by atoms with E-state index in [4.69, 9.17) is 4.74 Å². The molecule has 2 aromatic rings.